The zero-order valence-electron chi connectivity index (χ0n) is 17.8. The maximum Gasteiger partial charge on any atom is 0.251 e. The lowest BCUT2D eigenvalue weighted by Gasteiger charge is -2.22. The van der Waals surface area contributed by atoms with Crippen LogP contribution in [0.15, 0.2) is 76.2 Å². The van der Waals surface area contributed by atoms with E-state index in [1.807, 2.05) is 55.4 Å². The van der Waals surface area contributed by atoms with E-state index in [1.165, 1.54) is 12.1 Å². The molecule has 0 aliphatic heterocycles. The number of hydrogen-bond donors (Lipinski definition) is 2. The highest BCUT2D eigenvalue weighted by atomic mass is 32.2. The van der Waals surface area contributed by atoms with Gasteiger partial charge in [0.05, 0.1) is 17.2 Å². The molecule has 2 aromatic carbocycles. The number of aryl methyl sites for hydroxylation is 1. The zero-order valence-corrected chi connectivity index (χ0v) is 18.6. The van der Waals surface area contributed by atoms with Crippen LogP contribution in [0, 0.1) is 6.92 Å². The smallest absolute Gasteiger partial charge is 0.251 e. The standard InChI is InChI=1S/C23H27N3O4S/c1-17-11-12-19(31(28,29)25-15-18-8-5-4-6-9-18)14-20(17)23(27)24-16-21(26(2)3)22-10-7-13-30-22/h4-14,21,25H,15-16H2,1-3H3,(H,24,27). The summed E-state index contributed by atoms with van der Waals surface area (Å²) in [5.41, 5.74) is 1.86. The van der Waals surface area contributed by atoms with Crippen molar-refractivity contribution in [1.29, 1.82) is 0 Å². The van der Waals surface area contributed by atoms with E-state index in [-0.39, 0.29) is 23.4 Å². The lowest BCUT2D eigenvalue weighted by molar-refractivity contribution is 0.0938. The van der Waals surface area contributed by atoms with Crippen molar-refractivity contribution in [3.8, 4) is 0 Å². The lowest BCUT2D eigenvalue weighted by atomic mass is 10.1. The van der Waals surface area contributed by atoms with Gasteiger partial charge in [-0.2, -0.15) is 0 Å². The van der Waals surface area contributed by atoms with Gasteiger partial charge in [-0.15, -0.1) is 0 Å². The van der Waals surface area contributed by atoms with Crippen LogP contribution in [-0.4, -0.2) is 39.9 Å². The van der Waals surface area contributed by atoms with E-state index in [1.54, 1.807) is 25.3 Å². The number of rotatable bonds is 9. The maximum absolute atomic E-state index is 12.8. The van der Waals surface area contributed by atoms with Crippen molar-refractivity contribution < 1.29 is 17.6 Å². The Hall–Kier alpha value is -2.94. The first-order valence-electron chi connectivity index (χ1n) is 9.90. The molecule has 1 unspecified atom stereocenters. The van der Waals surface area contributed by atoms with Crippen LogP contribution >= 0.6 is 0 Å². The summed E-state index contributed by atoms with van der Waals surface area (Å²) in [5, 5.41) is 2.89. The fourth-order valence-corrected chi connectivity index (χ4v) is 4.22. The van der Waals surface area contributed by atoms with Crippen molar-refractivity contribution in [2.75, 3.05) is 20.6 Å². The van der Waals surface area contributed by atoms with Crippen LogP contribution in [0.3, 0.4) is 0 Å². The average molecular weight is 442 g/mol. The largest absolute Gasteiger partial charge is 0.468 e. The van der Waals surface area contributed by atoms with E-state index < -0.39 is 10.0 Å². The third kappa shape index (κ3) is 5.81. The Balaban J connectivity index is 1.73. The zero-order chi connectivity index (χ0) is 22.4. The van der Waals surface area contributed by atoms with Crippen molar-refractivity contribution in [2.45, 2.75) is 24.4 Å². The minimum absolute atomic E-state index is 0.0503. The Morgan fingerprint density at radius 2 is 1.81 bits per heavy atom. The van der Waals surface area contributed by atoms with E-state index >= 15 is 0 Å². The Labute approximate surface area is 183 Å². The number of carbonyl (C=O) groups excluding carboxylic acids is 1. The first kappa shape index (κ1) is 22.7. The second-order valence-corrected chi connectivity index (χ2v) is 9.26. The molecule has 1 aromatic heterocycles. The Morgan fingerprint density at radius 3 is 2.45 bits per heavy atom. The van der Waals surface area contributed by atoms with Gasteiger partial charge < -0.3 is 9.73 Å². The van der Waals surface area contributed by atoms with Gasteiger partial charge in [0.1, 0.15) is 5.76 Å². The summed E-state index contributed by atoms with van der Waals surface area (Å²) in [6, 6.07) is 17.3. The molecule has 0 fully saturated rings. The minimum Gasteiger partial charge on any atom is -0.468 e. The third-order valence-electron chi connectivity index (χ3n) is 5.02. The van der Waals surface area contributed by atoms with Crippen LogP contribution in [0.4, 0.5) is 0 Å². The predicted octanol–water partition coefficient (Wildman–Crippen LogP) is 3.10. The van der Waals surface area contributed by atoms with Crippen molar-refractivity contribution in [2.24, 2.45) is 0 Å². The van der Waals surface area contributed by atoms with Crippen molar-refractivity contribution in [3.63, 3.8) is 0 Å². The summed E-state index contributed by atoms with van der Waals surface area (Å²) in [6.07, 6.45) is 1.59. The van der Waals surface area contributed by atoms with Gasteiger partial charge in [0.2, 0.25) is 10.0 Å². The molecule has 7 nitrogen and oxygen atoms in total. The topological polar surface area (TPSA) is 91.6 Å². The Kier molecular flexibility index (Phi) is 7.27. The van der Waals surface area contributed by atoms with Gasteiger partial charge in [0.25, 0.3) is 5.91 Å². The molecular weight excluding hydrogens is 414 g/mol. The highest BCUT2D eigenvalue weighted by molar-refractivity contribution is 7.89. The average Bonchev–Trinajstić information content (AvgIpc) is 3.27. The summed E-state index contributed by atoms with van der Waals surface area (Å²) in [7, 11) is 0.0334. The van der Waals surface area contributed by atoms with Crippen LogP contribution in [0.1, 0.15) is 33.3 Å². The molecule has 1 atom stereocenters. The molecule has 164 valence electrons. The van der Waals surface area contributed by atoms with Crippen LogP contribution in [0.2, 0.25) is 0 Å². The number of furan rings is 1. The van der Waals surface area contributed by atoms with Crippen LogP contribution in [-0.2, 0) is 16.6 Å². The number of likely N-dealkylation sites (N-methyl/N-ethyl adjacent to an activating group) is 1. The summed E-state index contributed by atoms with van der Waals surface area (Å²) >= 11 is 0. The van der Waals surface area contributed by atoms with E-state index in [2.05, 4.69) is 10.0 Å². The Morgan fingerprint density at radius 1 is 1.06 bits per heavy atom. The third-order valence-corrected chi connectivity index (χ3v) is 6.42. The summed E-state index contributed by atoms with van der Waals surface area (Å²) in [4.78, 5) is 14.8. The van der Waals surface area contributed by atoms with Crippen molar-refractivity contribution >= 4 is 15.9 Å². The number of carbonyl (C=O) groups is 1. The molecule has 1 amide bonds. The molecule has 31 heavy (non-hydrogen) atoms. The normalized spacial score (nSPS) is 12.6. The van der Waals surface area contributed by atoms with Gasteiger partial charge in [0.15, 0.2) is 0 Å². The van der Waals surface area contributed by atoms with Crippen LogP contribution < -0.4 is 10.0 Å². The molecule has 8 heteroatoms. The van der Waals surface area contributed by atoms with Gasteiger partial charge in [-0.25, -0.2) is 13.1 Å². The molecule has 0 aliphatic carbocycles. The quantitative estimate of drug-likeness (QED) is 0.532. The molecule has 0 spiro atoms. The molecule has 0 bridgehead atoms. The number of hydrogen-bond acceptors (Lipinski definition) is 5. The van der Waals surface area contributed by atoms with E-state index in [0.717, 1.165) is 11.3 Å². The molecule has 1 heterocycles. The van der Waals surface area contributed by atoms with Gasteiger partial charge in [0, 0.05) is 18.7 Å². The van der Waals surface area contributed by atoms with Gasteiger partial charge in [-0.1, -0.05) is 36.4 Å². The fourth-order valence-electron chi connectivity index (χ4n) is 3.17. The Bertz CT molecular complexity index is 1110. The minimum atomic E-state index is -3.76. The number of amides is 1. The monoisotopic (exact) mass is 441 g/mol. The molecule has 3 aromatic rings. The van der Waals surface area contributed by atoms with Crippen LogP contribution in [0.25, 0.3) is 0 Å². The molecule has 0 saturated heterocycles. The van der Waals surface area contributed by atoms with Crippen molar-refractivity contribution in [1.82, 2.24) is 14.9 Å². The van der Waals surface area contributed by atoms with Gasteiger partial charge >= 0.3 is 0 Å². The highest BCUT2D eigenvalue weighted by Gasteiger charge is 2.21. The molecule has 0 radical (unpaired) electrons. The van der Waals surface area contributed by atoms with Gasteiger partial charge in [-0.3, -0.25) is 9.69 Å². The summed E-state index contributed by atoms with van der Waals surface area (Å²) in [6.45, 7) is 2.27. The molecule has 2 N–H and O–H groups in total. The lowest BCUT2D eigenvalue weighted by Crippen LogP contribution is -2.34. The highest BCUT2D eigenvalue weighted by Crippen LogP contribution is 2.19. The van der Waals surface area contributed by atoms with Crippen molar-refractivity contribution in [3.05, 3.63) is 89.4 Å². The number of nitrogens with zero attached hydrogens (tertiary/aromatic N) is 1. The van der Waals surface area contributed by atoms with E-state index in [9.17, 15) is 13.2 Å². The van der Waals surface area contributed by atoms with E-state index in [4.69, 9.17) is 4.42 Å². The first-order valence-corrected chi connectivity index (χ1v) is 11.4. The predicted molar refractivity (Wildman–Crippen MR) is 119 cm³/mol. The molecule has 3 rings (SSSR count). The number of benzene rings is 2. The second-order valence-electron chi connectivity index (χ2n) is 7.49. The molecule has 0 saturated carbocycles. The molecule has 0 aliphatic rings. The maximum atomic E-state index is 12.8. The first-order chi connectivity index (χ1) is 14.8. The number of sulfonamides is 1. The summed E-state index contributed by atoms with van der Waals surface area (Å²) in [5.74, 6) is 0.402. The van der Waals surface area contributed by atoms with E-state index in [0.29, 0.717) is 17.7 Å². The summed E-state index contributed by atoms with van der Waals surface area (Å²) < 4.78 is 33.5. The fraction of sp³-hybridized carbons (Fsp3) is 0.261. The van der Waals surface area contributed by atoms with Gasteiger partial charge in [-0.05, 0) is 56.4 Å². The second kappa shape index (κ2) is 9.91. The number of nitrogens with one attached hydrogen (secondary N) is 2. The van der Waals surface area contributed by atoms with Crippen LogP contribution in [0.5, 0.6) is 0 Å². The molecular formula is C23H27N3O4S. The SMILES string of the molecule is Cc1ccc(S(=O)(=O)NCc2ccccc2)cc1C(=O)NCC(c1ccco1)N(C)C.